The van der Waals surface area contributed by atoms with Gasteiger partial charge in [0.05, 0.1) is 28.7 Å². The van der Waals surface area contributed by atoms with Gasteiger partial charge in [-0.25, -0.2) is 19.3 Å². The number of fused-ring (bicyclic) bond motifs is 2. The van der Waals surface area contributed by atoms with Crippen molar-refractivity contribution in [2.24, 2.45) is 7.05 Å². The number of imidazole rings is 2. The van der Waals surface area contributed by atoms with Crippen molar-refractivity contribution in [3.8, 4) is 22.5 Å². The van der Waals surface area contributed by atoms with Crippen molar-refractivity contribution in [3.63, 3.8) is 0 Å². The fraction of sp³-hybridized carbons (Fsp3) is 0.200. The minimum atomic E-state index is -0.381. The average molecular weight is 458 g/mol. The van der Waals surface area contributed by atoms with Gasteiger partial charge in [-0.1, -0.05) is 18.2 Å². The minimum absolute atomic E-state index is 0.156. The molecule has 0 saturated heterocycles. The SMILES string of the molecule is CCN(CC)C(=O)c1cn2c(-c3ccc4ncn(C)c4c3)c(-c3cccc(F)c3)nc(N)c2n1. The van der Waals surface area contributed by atoms with Gasteiger partial charge in [0, 0.05) is 37.5 Å². The highest BCUT2D eigenvalue weighted by Crippen LogP contribution is 2.35. The molecule has 9 heteroatoms. The summed E-state index contributed by atoms with van der Waals surface area (Å²) in [6.07, 6.45) is 3.43. The van der Waals surface area contributed by atoms with E-state index in [2.05, 4.69) is 15.0 Å². The fourth-order valence-corrected chi connectivity index (χ4v) is 4.23. The van der Waals surface area contributed by atoms with E-state index in [9.17, 15) is 9.18 Å². The Kier molecular flexibility index (Phi) is 5.24. The molecule has 0 atom stereocenters. The molecule has 5 aromatic rings. The van der Waals surface area contributed by atoms with Gasteiger partial charge in [0.2, 0.25) is 0 Å². The zero-order valence-corrected chi connectivity index (χ0v) is 19.2. The molecule has 3 aromatic heterocycles. The lowest BCUT2D eigenvalue weighted by molar-refractivity contribution is 0.0768. The highest BCUT2D eigenvalue weighted by atomic mass is 19.1. The second-order valence-corrected chi connectivity index (χ2v) is 8.06. The number of hydrogen-bond acceptors (Lipinski definition) is 5. The first-order valence-electron chi connectivity index (χ1n) is 11.1. The van der Waals surface area contributed by atoms with Crippen molar-refractivity contribution in [2.45, 2.75) is 13.8 Å². The summed E-state index contributed by atoms with van der Waals surface area (Å²) in [5, 5.41) is 0. The Morgan fingerprint density at radius 3 is 2.62 bits per heavy atom. The summed E-state index contributed by atoms with van der Waals surface area (Å²) in [6.45, 7) is 4.97. The third kappa shape index (κ3) is 3.45. The third-order valence-electron chi connectivity index (χ3n) is 6.00. The summed E-state index contributed by atoms with van der Waals surface area (Å²) in [6, 6.07) is 12.0. The summed E-state index contributed by atoms with van der Waals surface area (Å²) in [5.41, 5.74) is 11.3. The van der Waals surface area contributed by atoms with Crippen LogP contribution in [0, 0.1) is 5.82 Å². The molecule has 2 aromatic carbocycles. The van der Waals surface area contributed by atoms with Crippen molar-refractivity contribution in [2.75, 3.05) is 18.8 Å². The number of hydrogen-bond donors (Lipinski definition) is 1. The number of aromatic nitrogens is 5. The van der Waals surface area contributed by atoms with Gasteiger partial charge < -0.3 is 15.2 Å². The van der Waals surface area contributed by atoms with Crippen molar-refractivity contribution in [1.82, 2.24) is 28.8 Å². The average Bonchev–Trinajstić information content (AvgIpc) is 3.44. The van der Waals surface area contributed by atoms with Gasteiger partial charge in [-0.05, 0) is 38.1 Å². The molecule has 0 aliphatic carbocycles. The molecule has 0 radical (unpaired) electrons. The lowest BCUT2D eigenvalue weighted by atomic mass is 10.0. The van der Waals surface area contributed by atoms with Gasteiger partial charge >= 0.3 is 0 Å². The quantitative estimate of drug-likeness (QED) is 0.428. The van der Waals surface area contributed by atoms with E-state index >= 15 is 0 Å². The Hall–Kier alpha value is -4.27. The third-order valence-corrected chi connectivity index (χ3v) is 6.00. The molecule has 3 heterocycles. The Morgan fingerprint density at radius 2 is 1.88 bits per heavy atom. The van der Waals surface area contributed by atoms with Crippen LogP contribution >= 0.6 is 0 Å². The molecule has 2 N–H and O–H groups in total. The summed E-state index contributed by atoms with van der Waals surface area (Å²) < 4.78 is 17.9. The van der Waals surface area contributed by atoms with Crippen LogP contribution in [0.25, 0.3) is 39.2 Å². The molecule has 34 heavy (non-hydrogen) atoms. The minimum Gasteiger partial charge on any atom is -0.381 e. The van der Waals surface area contributed by atoms with E-state index in [1.807, 2.05) is 43.7 Å². The van der Waals surface area contributed by atoms with Crippen LogP contribution in [-0.2, 0) is 7.05 Å². The van der Waals surface area contributed by atoms with Crippen molar-refractivity contribution in [1.29, 1.82) is 0 Å². The second kappa shape index (κ2) is 8.26. The van der Waals surface area contributed by atoms with E-state index in [0.29, 0.717) is 35.7 Å². The molecule has 0 spiro atoms. The molecular weight excluding hydrogens is 433 g/mol. The fourth-order valence-electron chi connectivity index (χ4n) is 4.23. The number of nitrogens with two attached hydrogens (primary N) is 1. The van der Waals surface area contributed by atoms with Gasteiger partial charge in [-0.15, -0.1) is 0 Å². The summed E-state index contributed by atoms with van der Waals surface area (Å²) in [4.78, 5) is 28.3. The van der Waals surface area contributed by atoms with Crippen molar-refractivity contribution < 1.29 is 9.18 Å². The summed E-state index contributed by atoms with van der Waals surface area (Å²) in [5.74, 6) is -0.411. The largest absolute Gasteiger partial charge is 0.381 e. The van der Waals surface area contributed by atoms with Crippen LogP contribution in [0.15, 0.2) is 55.0 Å². The molecule has 0 fully saturated rings. The summed E-state index contributed by atoms with van der Waals surface area (Å²) in [7, 11) is 1.92. The van der Waals surface area contributed by atoms with Crippen LogP contribution in [0.4, 0.5) is 10.2 Å². The molecule has 0 aliphatic heterocycles. The Balaban J connectivity index is 1.83. The number of rotatable bonds is 5. The molecule has 5 rings (SSSR count). The van der Waals surface area contributed by atoms with Crippen LogP contribution < -0.4 is 5.73 Å². The van der Waals surface area contributed by atoms with Crippen molar-refractivity contribution >= 4 is 28.4 Å². The molecule has 0 aliphatic rings. The standard InChI is InChI=1S/C25H24FN7O/c1-4-32(5-2)25(34)19-13-33-22(16-9-10-18-20(12-16)31(3)14-28-18)21(30-23(27)24(33)29-19)15-7-6-8-17(26)11-15/h6-14H,4-5H2,1-3H3,(H2,27,30). The predicted molar refractivity (Wildman–Crippen MR) is 130 cm³/mol. The Labute approximate surface area is 195 Å². The van der Waals surface area contributed by atoms with Gasteiger partial charge in [-0.2, -0.15) is 0 Å². The number of benzene rings is 2. The van der Waals surface area contributed by atoms with Crippen molar-refractivity contribution in [3.05, 3.63) is 66.5 Å². The van der Waals surface area contributed by atoms with Gasteiger partial charge in [0.1, 0.15) is 11.5 Å². The number of amides is 1. The topological polar surface area (TPSA) is 94.3 Å². The maximum atomic E-state index is 14.2. The van der Waals surface area contributed by atoms with E-state index in [-0.39, 0.29) is 23.2 Å². The normalized spacial score (nSPS) is 11.4. The Morgan fingerprint density at radius 1 is 1.09 bits per heavy atom. The van der Waals surface area contributed by atoms with Crippen LogP contribution in [0.3, 0.4) is 0 Å². The number of halogens is 1. The van der Waals surface area contributed by atoms with Crippen LogP contribution in [0.1, 0.15) is 24.3 Å². The number of carbonyl (C=O) groups is 1. The van der Waals surface area contributed by atoms with Crippen LogP contribution in [-0.4, -0.2) is 47.8 Å². The zero-order valence-electron chi connectivity index (χ0n) is 19.2. The van der Waals surface area contributed by atoms with E-state index in [1.54, 1.807) is 34.0 Å². The molecule has 0 bridgehead atoms. The number of nitrogen functional groups attached to an aromatic ring is 1. The first kappa shape index (κ1) is 21.6. The molecule has 0 saturated carbocycles. The van der Waals surface area contributed by atoms with Gasteiger partial charge in [0.25, 0.3) is 5.91 Å². The van der Waals surface area contributed by atoms with Gasteiger partial charge in [-0.3, -0.25) is 9.20 Å². The highest BCUT2D eigenvalue weighted by Gasteiger charge is 2.23. The number of anilines is 1. The highest BCUT2D eigenvalue weighted by molar-refractivity contribution is 5.95. The lowest BCUT2D eigenvalue weighted by Gasteiger charge is -2.16. The number of aryl methyl sites for hydroxylation is 1. The van der Waals surface area contributed by atoms with E-state index in [1.165, 1.54) is 12.1 Å². The monoisotopic (exact) mass is 457 g/mol. The molecule has 172 valence electrons. The van der Waals surface area contributed by atoms with Crippen LogP contribution in [0.5, 0.6) is 0 Å². The van der Waals surface area contributed by atoms with Crippen LogP contribution in [0.2, 0.25) is 0 Å². The molecule has 8 nitrogen and oxygen atoms in total. The van der Waals surface area contributed by atoms with E-state index in [0.717, 1.165) is 16.6 Å². The second-order valence-electron chi connectivity index (χ2n) is 8.06. The summed E-state index contributed by atoms with van der Waals surface area (Å²) >= 11 is 0. The van der Waals surface area contributed by atoms with E-state index in [4.69, 9.17) is 5.73 Å². The number of carbonyl (C=O) groups excluding carboxylic acids is 1. The predicted octanol–water partition coefficient (Wildman–Crippen LogP) is 4.15. The van der Waals surface area contributed by atoms with Gasteiger partial charge in [0.15, 0.2) is 11.5 Å². The first-order valence-corrected chi connectivity index (χ1v) is 11.1. The van der Waals surface area contributed by atoms with E-state index < -0.39 is 0 Å². The maximum Gasteiger partial charge on any atom is 0.274 e. The smallest absolute Gasteiger partial charge is 0.274 e. The zero-order chi connectivity index (χ0) is 24.0. The molecule has 0 unspecified atom stereocenters. The maximum absolute atomic E-state index is 14.2. The Bertz CT molecular complexity index is 1550. The molecular formula is C25H24FN7O. The molecule has 1 amide bonds. The number of nitrogens with zero attached hydrogens (tertiary/aromatic N) is 6. The lowest BCUT2D eigenvalue weighted by Crippen LogP contribution is -2.30. The first-order chi connectivity index (χ1) is 16.4.